The molecule has 26 heavy (non-hydrogen) atoms. The van der Waals surface area contributed by atoms with Crippen molar-refractivity contribution >= 4 is 0 Å². The molecule has 9 nitrogen and oxygen atoms in total. The van der Waals surface area contributed by atoms with Crippen LogP contribution in [0.25, 0.3) is 0 Å². The van der Waals surface area contributed by atoms with Crippen molar-refractivity contribution in [2.45, 2.75) is 44.0 Å². The van der Waals surface area contributed by atoms with Crippen LogP contribution >= 0.6 is 0 Å². The normalized spacial score (nSPS) is 28.5. The molecule has 3 rings (SSSR count). The maximum atomic E-state index is 10.3. The zero-order valence-corrected chi connectivity index (χ0v) is 14.1. The number of ether oxygens (including phenoxy) is 2. The molecule has 9 heteroatoms. The third kappa shape index (κ3) is 3.68. The highest BCUT2D eigenvalue weighted by Gasteiger charge is 2.43. The Labute approximate surface area is 150 Å². The second-order valence-electron chi connectivity index (χ2n) is 6.15. The monoisotopic (exact) mass is 360 g/mol. The Hall–Kier alpha value is -2.51. The number of nitriles is 1. The zero-order valence-electron chi connectivity index (χ0n) is 14.1. The van der Waals surface area contributed by atoms with Gasteiger partial charge in [-0.05, 0) is 31.2 Å². The van der Waals surface area contributed by atoms with Crippen LogP contribution in [0.15, 0.2) is 30.5 Å². The molecule has 0 unspecified atom stereocenters. The first-order chi connectivity index (χ1) is 12.5. The molecule has 1 aliphatic rings. The van der Waals surface area contributed by atoms with Crippen LogP contribution in [0.1, 0.15) is 24.2 Å². The average Bonchev–Trinajstić information content (AvgIpc) is 3.12. The van der Waals surface area contributed by atoms with Crippen LogP contribution in [0.2, 0.25) is 0 Å². The molecule has 0 spiro atoms. The van der Waals surface area contributed by atoms with Gasteiger partial charge in [0, 0.05) is 0 Å². The lowest BCUT2D eigenvalue weighted by Crippen LogP contribution is -2.55. The Morgan fingerprint density at radius 2 is 2.00 bits per heavy atom. The fraction of sp³-hybridized carbons (Fsp3) is 0.471. The van der Waals surface area contributed by atoms with Crippen molar-refractivity contribution in [2.24, 2.45) is 0 Å². The van der Waals surface area contributed by atoms with Crippen molar-refractivity contribution in [3.63, 3.8) is 0 Å². The van der Waals surface area contributed by atoms with Crippen LogP contribution in [0.4, 0.5) is 0 Å². The van der Waals surface area contributed by atoms with Crippen molar-refractivity contribution in [3.05, 3.63) is 41.7 Å². The molecule has 2 heterocycles. The Balaban J connectivity index is 1.66. The van der Waals surface area contributed by atoms with E-state index in [0.717, 1.165) is 0 Å². The third-order valence-electron chi connectivity index (χ3n) is 4.36. The first-order valence-corrected chi connectivity index (χ1v) is 8.19. The number of hydrogen-bond acceptors (Lipinski definition) is 8. The molecule has 0 bridgehead atoms. The van der Waals surface area contributed by atoms with Crippen LogP contribution in [-0.4, -0.2) is 61.3 Å². The van der Waals surface area contributed by atoms with E-state index in [-0.39, 0.29) is 13.2 Å². The SMILES string of the molecule is C[C@@H]1O[C@H](CO)[C@H](O)[C@H](O)[C@H]1n1cc(COc2ccc(C#N)cc2)nn1. The van der Waals surface area contributed by atoms with Gasteiger partial charge in [0.2, 0.25) is 0 Å². The molecule has 2 aromatic rings. The molecule has 1 aliphatic heterocycles. The molecule has 0 amide bonds. The summed E-state index contributed by atoms with van der Waals surface area (Å²) in [5, 5.41) is 46.4. The topological polar surface area (TPSA) is 134 Å². The number of benzene rings is 1. The van der Waals surface area contributed by atoms with Crippen LogP contribution in [0.3, 0.4) is 0 Å². The lowest BCUT2D eigenvalue weighted by Gasteiger charge is -2.40. The average molecular weight is 360 g/mol. The summed E-state index contributed by atoms with van der Waals surface area (Å²) in [7, 11) is 0. The highest BCUT2D eigenvalue weighted by atomic mass is 16.5. The second-order valence-corrected chi connectivity index (χ2v) is 6.15. The summed E-state index contributed by atoms with van der Waals surface area (Å²) < 4.78 is 12.6. The van der Waals surface area contributed by atoms with Gasteiger partial charge in [0.15, 0.2) is 0 Å². The van der Waals surface area contributed by atoms with E-state index in [4.69, 9.17) is 14.7 Å². The minimum absolute atomic E-state index is 0.159. The largest absolute Gasteiger partial charge is 0.487 e. The van der Waals surface area contributed by atoms with Gasteiger partial charge in [-0.2, -0.15) is 5.26 Å². The van der Waals surface area contributed by atoms with Gasteiger partial charge < -0.3 is 24.8 Å². The maximum absolute atomic E-state index is 10.3. The molecule has 1 fully saturated rings. The smallest absolute Gasteiger partial charge is 0.134 e. The molecule has 1 aromatic carbocycles. The van der Waals surface area contributed by atoms with Gasteiger partial charge in [0.25, 0.3) is 0 Å². The summed E-state index contributed by atoms with van der Waals surface area (Å²) in [6, 6.07) is 8.09. The minimum Gasteiger partial charge on any atom is -0.487 e. The molecule has 3 N–H and O–H groups in total. The molecule has 138 valence electrons. The van der Waals surface area contributed by atoms with Crippen molar-refractivity contribution < 1.29 is 24.8 Å². The van der Waals surface area contributed by atoms with E-state index in [2.05, 4.69) is 10.3 Å². The molecule has 5 atom stereocenters. The van der Waals surface area contributed by atoms with Crippen LogP contribution < -0.4 is 4.74 Å². The van der Waals surface area contributed by atoms with Gasteiger partial charge in [-0.3, -0.25) is 0 Å². The molecular formula is C17H20N4O5. The Morgan fingerprint density at radius 1 is 1.27 bits per heavy atom. The summed E-state index contributed by atoms with van der Waals surface area (Å²) in [4.78, 5) is 0. The van der Waals surface area contributed by atoms with Crippen LogP contribution in [-0.2, 0) is 11.3 Å². The number of nitrogens with zero attached hydrogens (tertiary/aromatic N) is 4. The molecule has 1 saturated heterocycles. The fourth-order valence-corrected chi connectivity index (χ4v) is 2.97. The van der Waals surface area contributed by atoms with Gasteiger partial charge >= 0.3 is 0 Å². The summed E-state index contributed by atoms with van der Waals surface area (Å²) in [6.07, 6.45) is -2.06. The predicted octanol–water partition coefficient (Wildman–Crippen LogP) is -0.229. The predicted molar refractivity (Wildman–Crippen MR) is 88.0 cm³/mol. The lowest BCUT2D eigenvalue weighted by atomic mass is 9.94. The third-order valence-corrected chi connectivity index (χ3v) is 4.36. The van der Waals surface area contributed by atoms with Gasteiger partial charge in [0.05, 0.1) is 30.5 Å². The van der Waals surface area contributed by atoms with Crippen molar-refractivity contribution in [2.75, 3.05) is 6.61 Å². The van der Waals surface area contributed by atoms with Crippen molar-refractivity contribution in [1.29, 1.82) is 5.26 Å². The van der Waals surface area contributed by atoms with Crippen molar-refractivity contribution in [1.82, 2.24) is 15.0 Å². The quantitative estimate of drug-likeness (QED) is 0.666. The van der Waals surface area contributed by atoms with Gasteiger partial charge in [0.1, 0.15) is 42.4 Å². The van der Waals surface area contributed by atoms with E-state index in [0.29, 0.717) is 17.0 Å². The van der Waals surface area contributed by atoms with Crippen LogP contribution in [0.5, 0.6) is 5.75 Å². The fourth-order valence-electron chi connectivity index (χ4n) is 2.97. The zero-order chi connectivity index (χ0) is 18.7. The van der Waals surface area contributed by atoms with E-state index in [1.807, 2.05) is 6.07 Å². The molecule has 0 radical (unpaired) electrons. The van der Waals surface area contributed by atoms with E-state index in [9.17, 15) is 15.3 Å². The minimum atomic E-state index is -1.22. The number of aliphatic hydroxyl groups excluding tert-OH is 3. The number of hydrogen-bond donors (Lipinski definition) is 3. The molecule has 0 saturated carbocycles. The van der Waals surface area contributed by atoms with E-state index < -0.39 is 30.5 Å². The standard InChI is InChI=1S/C17H20N4O5/c1-10-15(17(24)16(23)14(8-22)26-10)21-7-12(19-20-21)9-25-13-4-2-11(6-18)3-5-13/h2-5,7,10,14-17,22-24H,8-9H2,1H3/t10-,14+,15-,16-,17+/m0/s1. The first-order valence-electron chi connectivity index (χ1n) is 8.19. The maximum Gasteiger partial charge on any atom is 0.134 e. The molecule has 0 aliphatic carbocycles. The molecular weight excluding hydrogens is 340 g/mol. The Bertz CT molecular complexity index is 772. The lowest BCUT2D eigenvalue weighted by molar-refractivity contribution is -0.200. The molecule has 1 aromatic heterocycles. The number of aromatic nitrogens is 3. The number of aliphatic hydroxyl groups is 3. The van der Waals surface area contributed by atoms with E-state index in [1.165, 1.54) is 4.68 Å². The van der Waals surface area contributed by atoms with E-state index in [1.54, 1.807) is 37.4 Å². The second kappa shape index (κ2) is 7.80. The number of rotatable bonds is 5. The summed E-state index contributed by atoms with van der Waals surface area (Å²) in [5.41, 5.74) is 1.08. The highest BCUT2D eigenvalue weighted by Crippen LogP contribution is 2.29. The summed E-state index contributed by atoms with van der Waals surface area (Å²) in [6.45, 7) is 1.51. The van der Waals surface area contributed by atoms with Crippen LogP contribution in [0, 0.1) is 11.3 Å². The van der Waals surface area contributed by atoms with E-state index >= 15 is 0 Å². The Kier molecular flexibility index (Phi) is 5.49. The summed E-state index contributed by atoms with van der Waals surface area (Å²) >= 11 is 0. The van der Waals surface area contributed by atoms with Gasteiger partial charge in [-0.15, -0.1) is 5.10 Å². The highest BCUT2D eigenvalue weighted by molar-refractivity contribution is 5.34. The first kappa shape index (κ1) is 18.3. The van der Waals surface area contributed by atoms with Gasteiger partial charge in [-0.1, -0.05) is 5.21 Å². The summed E-state index contributed by atoms with van der Waals surface area (Å²) in [5.74, 6) is 0.592. The van der Waals surface area contributed by atoms with Gasteiger partial charge in [-0.25, -0.2) is 4.68 Å². The Morgan fingerprint density at radius 3 is 2.65 bits per heavy atom. The van der Waals surface area contributed by atoms with Crippen molar-refractivity contribution in [3.8, 4) is 11.8 Å².